The van der Waals surface area contributed by atoms with Gasteiger partial charge in [0.1, 0.15) is 6.07 Å². The molecule has 1 aromatic carbocycles. The molecule has 64 valence electrons. The predicted octanol–water partition coefficient (Wildman–Crippen LogP) is 0.738. The van der Waals surface area contributed by atoms with Gasteiger partial charge in [-0.2, -0.15) is 5.26 Å². The summed E-state index contributed by atoms with van der Waals surface area (Å²) >= 11 is 0. The highest BCUT2D eigenvalue weighted by Gasteiger charge is 2.05. The summed E-state index contributed by atoms with van der Waals surface area (Å²) in [5.41, 5.74) is 1.66. The highest BCUT2D eigenvalue weighted by atomic mass is 16.1. The minimum absolute atomic E-state index is 0.197. The number of para-hydroxylation sites is 1. The van der Waals surface area contributed by atoms with E-state index in [-0.39, 0.29) is 5.69 Å². The first kappa shape index (κ1) is 7.62. The Kier molecular flexibility index (Phi) is 1.46. The Morgan fingerprint density at radius 3 is 3.00 bits per heavy atom. The lowest BCUT2D eigenvalue weighted by molar-refractivity contribution is 0.891. The Hall–Kier alpha value is -2.02. The van der Waals surface area contributed by atoms with E-state index in [0.717, 1.165) is 5.52 Å². The Balaban J connectivity index is 3.03. The van der Waals surface area contributed by atoms with Gasteiger partial charge in [-0.25, -0.2) is 4.79 Å². The molecule has 4 nitrogen and oxygen atoms in total. The van der Waals surface area contributed by atoms with Crippen LogP contribution in [0.4, 0.5) is 0 Å². The van der Waals surface area contributed by atoms with E-state index in [0.29, 0.717) is 11.1 Å². The predicted molar refractivity (Wildman–Crippen MR) is 48.3 cm³/mol. The van der Waals surface area contributed by atoms with Gasteiger partial charge in [-0.15, -0.1) is 0 Å². The summed E-state index contributed by atoms with van der Waals surface area (Å²) in [6.45, 7) is 0. The molecule has 1 heterocycles. The van der Waals surface area contributed by atoms with Gasteiger partial charge in [0.2, 0.25) is 0 Å². The molecule has 0 aliphatic heterocycles. The molecule has 0 bridgehead atoms. The van der Waals surface area contributed by atoms with Gasteiger partial charge in [-0.3, -0.25) is 4.57 Å². The SMILES string of the molecule is Cn1c(=O)[nH]c2c(C#N)cccc21. The number of nitrogens with zero attached hydrogens (tertiary/aromatic N) is 2. The summed E-state index contributed by atoms with van der Waals surface area (Å²) < 4.78 is 1.48. The summed E-state index contributed by atoms with van der Waals surface area (Å²) in [4.78, 5) is 13.8. The summed E-state index contributed by atoms with van der Waals surface area (Å²) in [6.07, 6.45) is 0. The zero-order chi connectivity index (χ0) is 9.42. The van der Waals surface area contributed by atoms with Crippen LogP contribution in [0.1, 0.15) is 5.56 Å². The largest absolute Gasteiger partial charge is 0.326 e. The third-order valence-corrected chi connectivity index (χ3v) is 2.06. The number of imidazole rings is 1. The second-order valence-electron chi connectivity index (χ2n) is 2.80. The molecule has 13 heavy (non-hydrogen) atoms. The quantitative estimate of drug-likeness (QED) is 0.638. The van der Waals surface area contributed by atoms with Crippen molar-refractivity contribution in [3.8, 4) is 6.07 Å². The Bertz CT molecular complexity index is 556. The number of aryl methyl sites for hydroxylation is 1. The van der Waals surface area contributed by atoms with E-state index < -0.39 is 0 Å². The van der Waals surface area contributed by atoms with Crippen molar-refractivity contribution in [2.45, 2.75) is 0 Å². The van der Waals surface area contributed by atoms with E-state index in [2.05, 4.69) is 4.98 Å². The number of nitrogens with one attached hydrogen (secondary N) is 1. The molecule has 0 radical (unpaired) electrons. The van der Waals surface area contributed by atoms with Crippen molar-refractivity contribution in [1.82, 2.24) is 9.55 Å². The minimum atomic E-state index is -0.197. The average molecular weight is 173 g/mol. The molecule has 0 unspecified atom stereocenters. The van der Waals surface area contributed by atoms with Crippen LogP contribution in [-0.2, 0) is 7.05 Å². The van der Waals surface area contributed by atoms with Crippen LogP contribution in [0, 0.1) is 11.3 Å². The smallest absolute Gasteiger partial charge is 0.304 e. The molecule has 0 atom stereocenters. The molecule has 4 heteroatoms. The highest BCUT2D eigenvalue weighted by molar-refractivity contribution is 5.81. The molecule has 0 amide bonds. The molecule has 1 aromatic heterocycles. The summed E-state index contributed by atoms with van der Waals surface area (Å²) in [6, 6.07) is 7.26. The number of aromatic amines is 1. The lowest BCUT2D eigenvalue weighted by Gasteiger charge is -1.93. The number of benzene rings is 1. The average Bonchev–Trinajstić information content (AvgIpc) is 2.43. The van der Waals surface area contributed by atoms with Crippen molar-refractivity contribution in [2.75, 3.05) is 0 Å². The maximum absolute atomic E-state index is 11.2. The zero-order valence-electron chi connectivity index (χ0n) is 7.03. The fourth-order valence-electron chi connectivity index (χ4n) is 1.34. The molecule has 0 saturated heterocycles. The van der Waals surface area contributed by atoms with Crippen LogP contribution >= 0.6 is 0 Å². The fourth-order valence-corrected chi connectivity index (χ4v) is 1.34. The molecule has 0 aliphatic rings. The minimum Gasteiger partial charge on any atom is -0.304 e. The summed E-state index contributed by atoms with van der Waals surface area (Å²) in [5, 5.41) is 8.75. The van der Waals surface area contributed by atoms with E-state index in [4.69, 9.17) is 5.26 Å². The Morgan fingerprint density at radius 2 is 2.31 bits per heavy atom. The van der Waals surface area contributed by atoms with Gasteiger partial charge in [-0.05, 0) is 12.1 Å². The maximum Gasteiger partial charge on any atom is 0.326 e. The van der Waals surface area contributed by atoms with E-state index >= 15 is 0 Å². The summed E-state index contributed by atoms with van der Waals surface area (Å²) in [7, 11) is 1.67. The van der Waals surface area contributed by atoms with Gasteiger partial charge in [0.25, 0.3) is 0 Å². The van der Waals surface area contributed by atoms with Gasteiger partial charge in [0.05, 0.1) is 16.6 Å². The van der Waals surface area contributed by atoms with Gasteiger partial charge >= 0.3 is 5.69 Å². The van der Waals surface area contributed by atoms with Gasteiger partial charge in [-0.1, -0.05) is 6.07 Å². The van der Waals surface area contributed by atoms with E-state index in [1.165, 1.54) is 4.57 Å². The number of hydrogen-bond donors (Lipinski definition) is 1. The van der Waals surface area contributed by atoms with Gasteiger partial charge in [0.15, 0.2) is 0 Å². The number of hydrogen-bond acceptors (Lipinski definition) is 2. The maximum atomic E-state index is 11.2. The van der Waals surface area contributed by atoms with Crippen molar-refractivity contribution in [2.24, 2.45) is 7.05 Å². The third-order valence-electron chi connectivity index (χ3n) is 2.06. The van der Waals surface area contributed by atoms with E-state index in [1.807, 2.05) is 6.07 Å². The van der Waals surface area contributed by atoms with Crippen LogP contribution in [0.15, 0.2) is 23.0 Å². The first-order valence-electron chi connectivity index (χ1n) is 3.82. The molecule has 0 fully saturated rings. The molecular formula is C9H7N3O. The highest BCUT2D eigenvalue weighted by Crippen LogP contribution is 2.12. The monoisotopic (exact) mass is 173 g/mol. The molecule has 2 rings (SSSR count). The van der Waals surface area contributed by atoms with Crippen LogP contribution < -0.4 is 5.69 Å². The second-order valence-corrected chi connectivity index (χ2v) is 2.80. The van der Waals surface area contributed by atoms with Crippen LogP contribution in [0.3, 0.4) is 0 Å². The zero-order valence-corrected chi connectivity index (χ0v) is 7.03. The molecular weight excluding hydrogens is 166 g/mol. The van der Waals surface area contributed by atoms with Crippen LogP contribution in [-0.4, -0.2) is 9.55 Å². The lowest BCUT2D eigenvalue weighted by Crippen LogP contribution is -2.11. The molecule has 0 aliphatic carbocycles. The van der Waals surface area contributed by atoms with Crippen molar-refractivity contribution in [1.29, 1.82) is 5.26 Å². The van der Waals surface area contributed by atoms with Gasteiger partial charge < -0.3 is 4.98 Å². The van der Waals surface area contributed by atoms with Crippen molar-refractivity contribution in [3.05, 3.63) is 34.2 Å². The molecule has 0 saturated carbocycles. The normalized spacial score (nSPS) is 10.2. The van der Waals surface area contributed by atoms with Crippen molar-refractivity contribution in [3.63, 3.8) is 0 Å². The van der Waals surface area contributed by atoms with E-state index in [1.54, 1.807) is 25.2 Å². The molecule has 0 spiro atoms. The Labute approximate surface area is 74.0 Å². The Morgan fingerprint density at radius 1 is 1.54 bits per heavy atom. The number of aromatic nitrogens is 2. The first-order valence-corrected chi connectivity index (χ1v) is 3.82. The third kappa shape index (κ3) is 0.942. The number of fused-ring (bicyclic) bond motifs is 1. The van der Waals surface area contributed by atoms with Gasteiger partial charge in [0, 0.05) is 7.05 Å². The van der Waals surface area contributed by atoms with Crippen molar-refractivity contribution < 1.29 is 0 Å². The number of H-pyrrole nitrogens is 1. The second kappa shape index (κ2) is 2.49. The first-order chi connectivity index (χ1) is 6.24. The van der Waals surface area contributed by atoms with Crippen molar-refractivity contribution >= 4 is 11.0 Å². The molecule has 1 N–H and O–H groups in total. The fraction of sp³-hybridized carbons (Fsp3) is 0.111. The summed E-state index contributed by atoms with van der Waals surface area (Å²) in [5.74, 6) is 0. The van der Waals surface area contributed by atoms with Crippen LogP contribution in [0.5, 0.6) is 0 Å². The number of nitriles is 1. The van der Waals surface area contributed by atoms with Crippen LogP contribution in [0.2, 0.25) is 0 Å². The topological polar surface area (TPSA) is 61.6 Å². The number of rotatable bonds is 0. The standard InChI is InChI=1S/C9H7N3O/c1-12-7-4-2-3-6(5-10)8(7)11-9(12)13/h2-4H,1H3,(H,11,13). The van der Waals surface area contributed by atoms with E-state index in [9.17, 15) is 4.79 Å². The lowest BCUT2D eigenvalue weighted by atomic mass is 10.2. The molecule has 2 aromatic rings. The van der Waals surface area contributed by atoms with Crippen LogP contribution in [0.25, 0.3) is 11.0 Å².